The normalized spacial score (nSPS) is 11.9. The van der Waals surface area contributed by atoms with Crippen molar-refractivity contribution in [2.45, 2.75) is 40.8 Å². The molecule has 0 atom stereocenters. The Morgan fingerprint density at radius 2 is 0.606 bits per heavy atom. The van der Waals surface area contributed by atoms with Crippen LogP contribution < -0.4 is 0 Å². The fourth-order valence-electron chi connectivity index (χ4n) is 10.8. The van der Waals surface area contributed by atoms with Crippen LogP contribution >= 0.6 is 0 Å². The van der Waals surface area contributed by atoms with Crippen molar-refractivity contribution in [2.24, 2.45) is 0 Å². The molecule has 2 heterocycles. The number of aryl methyl sites for hydroxylation is 5. The van der Waals surface area contributed by atoms with Crippen molar-refractivity contribution in [3.63, 3.8) is 0 Å². The molecule has 0 saturated heterocycles. The van der Waals surface area contributed by atoms with E-state index in [1.54, 1.807) is 12.1 Å². The summed E-state index contributed by atoms with van der Waals surface area (Å²) in [4.78, 5) is 0. The molecule has 0 radical (unpaired) electrons. The minimum Gasteiger partial charge on any atom is -0.309 e. The number of nitrogens with zero attached hydrogens (tertiary/aromatic N) is 2. The van der Waals surface area contributed by atoms with Crippen molar-refractivity contribution in [3.8, 4) is 67.0 Å². The summed E-state index contributed by atoms with van der Waals surface area (Å²) in [5.74, 6) is 0. The van der Waals surface area contributed by atoms with Gasteiger partial charge in [0.1, 0.15) is 0 Å². The summed E-state index contributed by atoms with van der Waals surface area (Å²) in [5, 5.41) is 4.17. The molecule has 0 unspecified atom stereocenters. The van der Waals surface area contributed by atoms with Crippen LogP contribution in [0.1, 0.15) is 33.4 Å². The Morgan fingerprint density at radius 3 is 0.930 bits per heavy atom. The molecular formula is C66H49F3N2. The number of alkyl halides is 3. The summed E-state index contributed by atoms with van der Waals surface area (Å²) in [7, 11) is 0. The molecule has 0 aliphatic carbocycles. The zero-order valence-corrected chi connectivity index (χ0v) is 40.2. The molecule has 0 saturated carbocycles. The van der Waals surface area contributed by atoms with E-state index in [4.69, 9.17) is 0 Å². The average Bonchev–Trinajstić information content (AvgIpc) is 3.87. The molecule has 5 heteroatoms. The van der Waals surface area contributed by atoms with Crippen molar-refractivity contribution < 1.29 is 13.2 Å². The standard InChI is InChI=1S/C66H49F3N2/c1-40-10-6-14-45(30-40)49-19-25-55-56-26-20-50(46-15-7-11-41(2)31-46)35-63(56)70(62(55)34-49)53-23-18-44(5)59(38-53)60-39-54(24-29-61(60)66(67,68)69)71-64-36-51(47-16-8-12-42(3)32-47)21-27-57(64)58-28-22-52(37-65(58)71)48-17-9-13-43(4)33-48/h6-39H,1-5H3. The van der Waals surface area contributed by atoms with Gasteiger partial charge in [-0.15, -0.1) is 0 Å². The van der Waals surface area contributed by atoms with E-state index in [-0.39, 0.29) is 5.56 Å². The number of aromatic nitrogens is 2. The molecular weight excluding hydrogens is 878 g/mol. The Balaban J connectivity index is 1.11. The van der Waals surface area contributed by atoms with Gasteiger partial charge in [0.2, 0.25) is 0 Å². The van der Waals surface area contributed by atoms with E-state index >= 15 is 13.2 Å². The first-order valence-corrected chi connectivity index (χ1v) is 24.1. The third-order valence-corrected chi connectivity index (χ3v) is 14.3. The van der Waals surface area contributed by atoms with Gasteiger partial charge in [-0.2, -0.15) is 13.2 Å². The summed E-state index contributed by atoms with van der Waals surface area (Å²) in [6.07, 6.45) is -4.63. The molecule has 10 aromatic carbocycles. The molecule has 2 nitrogen and oxygen atoms in total. The lowest BCUT2D eigenvalue weighted by atomic mass is 9.94. The topological polar surface area (TPSA) is 9.86 Å². The van der Waals surface area contributed by atoms with Gasteiger partial charge in [-0.3, -0.25) is 0 Å². The van der Waals surface area contributed by atoms with E-state index in [1.165, 1.54) is 6.07 Å². The van der Waals surface area contributed by atoms with Gasteiger partial charge in [0.15, 0.2) is 0 Å². The summed E-state index contributed by atoms with van der Waals surface area (Å²) < 4.78 is 51.3. The third-order valence-electron chi connectivity index (χ3n) is 14.3. The van der Waals surface area contributed by atoms with Crippen LogP contribution in [-0.4, -0.2) is 9.13 Å². The highest BCUT2D eigenvalue weighted by atomic mass is 19.4. The third kappa shape index (κ3) is 7.79. The molecule has 0 bridgehead atoms. The van der Waals surface area contributed by atoms with Crippen molar-refractivity contribution in [3.05, 3.63) is 240 Å². The Labute approximate surface area is 411 Å². The molecule has 0 aliphatic rings. The molecule has 0 amide bonds. The molecule has 0 spiro atoms. The van der Waals surface area contributed by atoms with Crippen LogP contribution in [0.2, 0.25) is 0 Å². The van der Waals surface area contributed by atoms with Gasteiger partial charge in [-0.25, -0.2) is 0 Å². The van der Waals surface area contributed by atoms with Gasteiger partial charge in [-0.1, -0.05) is 174 Å². The second-order valence-electron chi connectivity index (χ2n) is 19.3. The van der Waals surface area contributed by atoms with Crippen LogP contribution in [-0.2, 0) is 6.18 Å². The van der Waals surface area contributed by atoms with Crippen LogP contribution in [0, 0.1) is 34.6 Å². The second kappa shape index (κ2) is 16.9. The van der Waals surface area contributed by atoms with Crippen LogP contribution in [0.4, 0.5) is 13.2 Å². The average molecular weight is 927 g/mol. The van der Waals surface area contributed by atoms with E-state index in [0.29, 0.717) is 11.3 Å². The van der Waals surface area contributed by atoms with Gasteiger partial charge in [0.25, 0.3) is 0 Å². The molecule has 0 aliphatic heterocycles. The van der Waals surface area contributed by atoms with Crippen molar-refractivity contribution in [1.29, 1.82) is 0 Å². The predicted octanol–water partition coefficient (Wildman–Crippen LogP) is 18.8. The summed E-state index contributed by atoms with van der Waals surface area (Å²) in [6, 6.07) is 70.5. The first-order chi connectivity index (χ1) is 34.3. The zero-order valence-electron chi connectivity index (χ0n) is 40.2. The lowest BCUT2D eigenvalue weighted by Crippen LogP contribution is -2.09. The Morgan fingerprint density at radius 1 is 0.296 bits per heavy atom. The van der Waals surface area contributed by atoms with E-state index in [2.05, 4.69) is 207 Å². The fourth-order valence-corrected chi connectivity index (χ4v) is 10.8. The molecule has 0 N–H and O–H groups in total. The number of hydrogen-bond donors (Lipinski definition) is 0. The highest BCUT2D eigenvalue weighted by molar-refractivity contribution is 6.12. The van der Waals surface area contributed by atoms with Crippen LogP contribution in [0.25, 0.3) is 111 Å². The number of halogens is 3. The number of rotatable bonds is 7. The SMILES string of the molecule is Cc1cccc(-c2ccc3c4ccc(-c5cccc(C)c5)cc4n(-c4ccc(C)c(-c5cc(-n6c7cc(-c8cccc(C)c8)ccc7c7ccc(-c8cccc(C)c8)cc76)ccc5C(F)(F)F)c4)c3c2)c1. The Hall–Kier alpha value is -8.41. The minimum atomic E-state index is -4.63. The lowest BCUT2D eigenvalue weighted by molar-refractivity contribution is -0.137. The highest BCUT2D eigenvalue weighted by Gasteiger charge is 2.35. The van der Waals surface area contributed by atoms with Gasteiger partial charge in [-0.05, 0) is 150 Å². The minimum absolute atomic E-state index is 0.121. The maximum absolute atomic E-state index is 15.6. The lowest BCUT2D eigenvalue weighted by Gasteiger charge is -2.19. The van der Waals surface area contributed by atoms with E-state index in [1.807, 2.05) is 25.1 Å². The molecule has 12 aromatic rings. The van der Waals surface area contributed by atoms with Crippen molar-refractivity contribution in [2.75, 3.05) is 0 Å². The van der Waals surface area contributed by atoms with E-state index < -0.39 is 11.7 Å². The molecule has 344 valence electrons. The van der Waals surface area contributed by atoms with Gasteiger partial charge in [0, 0.05) is 32.9 Å². The maximum atomic E-state index is 15.6. The van der Waals surface area contributed by atoms with Crippen LogP contribution in [0.3, 0.4) is 0 Å². The number of hydrogen-bond acceptors (Lipinski definition) is 0. The Bertz CT molecular complexity index is 3900. The van der Waals surface area contributed by atoms with Crippen molar-refractivity contribution >= 4 is 43.6 Å². The smallest absolute Gasteiger partial charge is 0.309 e. The van der Waals surface area contributed by atoms with Gasteiger partial charge >= 0.3 is 6.18 Å². The Kier molecular flexibility index (Phi) is 10.4. The predicted molar refractivity (Wildman–Crippen MR) is 291 cm³/mol. The van der Waals surface area contributed by atoms with Gasteiger partial charge < -0.3 is 9.13 Å². The number of benzene rings is 10. The number of fused-ring (bicyclic) bond motifs is 6. The maximum Gasteiger partial charge on any atom is 0.417 e. The largest absolute Gasteiger partial charge is 0.417 e. The molecule has 2 aromatic heterocycles. The monoisotopic (exact) mass is 926 g/mol. The highest BCUT2D eigenvalue weighted by Crippen LogP contribution is 2.44. The molecule has 12 rings (SSSR count). The summed E-state index contributed by atoms with van der Waals surface area (Å²) in [5.41, 5.74) is 19.0. The first-order valence-electron chi connectivity index (χ1n) is 24.1. The van der Waals surface area contributed by atoms with Crippen LogP contribution in [0.5, 0.6) is 0 Å². The van der Waals surface area contributed by atoms with Gasteiger partial charge in [0.05, 0.1) is 27.6 Å². The first kappa shape index (κ1) is 43.8. The van der Waals surface area contributed by atoms with Crippen molar-refractivity contribution in [1.82, 2.24) is 9.13 Å². The quantitative estimate of drug-likeness (QED) is 0.151. The molecule has 71 heavy (non-hydrogen) atoms. The summed E-state index contributed by atoms with van der Waals surface area (Å²) >= 11 is 0. The van der Waals surface area contributed by atoms with E-state index in [0.717, 1.165) is 122 Å². The zero-order chi connectivity index (χ0) is 48.7. The second-order valence-corrected chi connectivity index (χ2v) is 19.3. The van der Waals surface area contributed by atoms with E-state index in [9.17, 15) is 0 Å². The fraction of sp³-hybridized carbons (Fsp3) is 0.0909. The van der Waals surface area contributed by atoms with Crippen LogP contribution in [0.15, 0.2) is 206 Å². The molecule has 0 fully saturated rings. The summed E-state index contributed by atoms with van der Waals surface area (Å²) in [6.45, 7) is 10.3.